The van der Waals surface area contributed by atoms with Gasteiger partial charge in [0.2, 0.25) is 0 Å². The Balaban J connectivity index is 2.62. The third-order valence-electron chi connectivity index (χ3n) is 1.56. The Labute approximate surface area is 102 Å². The van der Waals surface area contributed by atoms with E-state index in [4.69, 9.17) is 16.3 Å². The molecule has 0 radical (unpaired) electrons. The molecule has 0 bridgehead atoms. The summed E-state index contributed by atoms with van der Waals surface area (Å²) < 4.78 is 5.98. The van der Waals surface area contributed by atoms with Gasteiger partial charge in [0.1, 0.15) is 12.1 Å². The van der Waals surface area contributed by atoms with Gasteiger partial charge in [0, 0.05) is 19.2 Å². The van der Waals surface area contributed by atoms with Gasteiger partial charge in [0.05, 0.1) is 16.2 Å². The fourth-order valence-electron chi connectivity index (χ4n) is 0.938. The van der Waals surface area contributed by atoms with E-state index >= 15 is 0 Å². The Hall–Kier alpha value is -0.140. The van der Waals surface area contributed by atoms with Crippen molar-refractivity contribution in [3.63, 3.8) is 0 Å². The number of anilines is 1. The number of methoxy groups -OCH3 is 1. The van der Waals surface area contributed by atoms with Gasteiger partial charge in [0.15, 0.2) is 0 Å². The van der Waals surface area contributed by atoms with Crippen LogP contribution in [0.5, 0.6) is 0 Å². The number of ether oxygens (including phenoxy) is 1. The Bertz CT molecular complexity index is 287. The molecule has 0 saturated heterocycles. The van der Waals surface area contributed by atoms with Crippen LogP contribution in [0.2, 0.25) is 0 Å². The molecule has 78 valence electrons. The summed E-state index contributed by atoms with van der Waals surface area (Å²) in [6.45, 7) is 0.559. The van der Waals surface area contributed by atoms with E-state index in [9.17, 15) is 0 Å². The van der Waals surface area contributed by atoms with E-state index in [1.807, 2.05) is 0 Å². The second-order valence-corrected chi connectivity index (χ2v) is 4.14. The molecular weight excluding hydrogens is 316 g/mol. The largest absolute Gasteiger partial charge is 0.383 e. The van der Waals surface area contributed by atoms with E-state index in [1.54, 1.807) is 13.3 Å². The quantitative estimate of drug-likeness (QED) is 0.661. The summed E-state index contributed by atoms with van der Waals surface area (Å²) >= 11 is 7.93. The predicted octanol–water partition coefficient (Wildman–Crippen LogP) is 1.75. The molecule has 1 aromatic heterocycles. The first-order valence-electron chi connectivity index (χ1n) is 4.05. The highest BCUT2D eigenvalue weighted by atomic mass is 127. The molecule has 0 aliphatic rings. The number of hydrogen-bond acceptors (Lipinski definition) is 4. The monoisotopic (exact) mass is 327 g/mol. The molecule has 0 saturated carbocycles. The van der Waals surface area contributed by atoms with Crippen LogP contribution in [0, 0.1) is 3.57 Å². The predicted molar refractivity (Wildman–Crippen MR) is 64.8 cm³/mol. The molecule has 0 fully saturated rings. The van der Waals surface area contributed by atoms with Crippen molar-refractivity contribution in [3.8, 4) is 0 Å². The average Bonchev–Trinajstić information content (AvgIpc) is 2.20. The first kappa shape index (κ1) is 11.9. The van der Waals surface area contributed by atoms with Crippen LogP contribution < -0.4 is 5.32 Å². The molecule has 0 aromatic carbocycles. The van der Waals surface area contributed by atoms with E-state index in [0.29, 0.717) is 12.5 Å². The highest BCUT2D eigenvalue weighted by molar-refractivity contribution is 14.1. The second kappa shape index (κ2) is 6.36. The lowest BCUT2D eigenvalue weighted by Crippen LogP contribution is -2.27. The summed E-state index contributed by atoms with van der Waals surface area (Å²) in [6, 6.07) is 0.0742. The minimum Gasteiger partial charge on any atom is -0.383 e. The van der Waals surface area contributed by atoms with Gasteiger partial charge in [-0.25, -0.2) is 9.97 Å². The van der Waals surface area contributed by atoms with E-state index < -0.39 is 0 Å². The van der Waals surface area contributed by atoms with Gasteiger partial charge < -0.3 is 10.1 Å². The summed E-state index contributed by atoms with van der Waals surface area (Å²) in [5.41, 5.74) is 0. The lowest BCUT2D eigenvalue weighted by molar-refractivity contribution is 0.191. The molecule has 0 amide bonds. The third kappa shape index (κ3) is 3.55. The highest BCUT2D eigenvalue weighted by Gasteiger charge is 2.09. The van der Waals surface area contributed by atoms with Crippen molar-refractivity contribution in [2.24, 2.45) is 0 Å². The number of hydrogen-bond donors (Lipinski definition) is 1. The highest BCUT2D eigenvalue weighted by Crippen LogP contribution is 2.13. The molecule has 4 nitrogen and oxygen atoms in total. The van der Waals surface area contributed by atoms with Gasteiger partial charge >= 0.3 is 0 Å². The van der Waals surface area contributed by atoms with Crippen LogP contribution in [0.4, 0.5) is 5.82 Å². The van der Waals surface area contributed by atoms with Crippen molar-refractivity contribution in [2.75, 3.05) is 24.9 Å². The Morgan fingerprint density at radius 1 is 1.71 bits per heavy atom. The van der Waals surface area contributed by atoms with Crippen LogP contribution in [0.15, 0.2) is 12.5 Å². The van der Waals surface area contributed by atoms with Crippen molar-refractivity contribution in [3.05, 3.63) is 16.1 Å². The van der Waals surface area contributed by atoms with E-state index in [1.165, 1.54) is 6.33 Å². The molecule has 1 heterocycles. The summed E-state index contributed by atoms with van der Waals surface area (Å²) in [5.74, 6) is 1.27. The van der Waals surface area contributed by atoms with Gasteiger partial charge in [-0.1, -0.05) is 0 Å². The molecule has 0 aliphatic carbocycles. The number of halogens is 2. The lowest BCUT2D eigenvalue weighted by atomic mass is 10.3. The topological polar surface area (TPSA) is 47.0 Å². The summed E-state index contributed by atoms with van der Waals surface area (Å²) in [5, 5.41) is 3.18. The third-order valence-corrected chi connectivity index (χ3v) is 2.72. The van der Waals surface area contributed by atoms with Crippen LogP contribution in [0.25, 0.3) is 0 Å². The van der Waals surface area contributed by atoms with Gasteiger partial charge in [-0.2, -0.15) is 0 Å². The maximum absolute atomic E-state index is 5.76. The van der Waals surface area contributed by atoms with Gasteiger partial charge in [-0.15, -0.1) is 11.6 Å². The van der Waals surface area contributed by atoms with Crippen LogP contribution in [0.1, 0.15) is 0 Å². The number of nitrogens with one attached hydrogen (secondary N) is 1. The van der Waals surface area contributed by atoms with Crippen molar-refractivity contribution < 1.29 is 4.74 Å². The first-order valence-corrected chi connectivity index (χ1v) is 5.66. The molecule has 1 rings (SSSR count). The van der Waals surface area contributed by atoms with E-state index in [0.717, 1.165) is 9.39 Å². The second-order valence-electron chi connectivity index (χ2n) is 2.67. The van der Waals surface area contributed by atoms with E-state index in [-0.39, 0.29) is 6.04 Å². The zero-order chi connectivity index (χ0) is 10.4. The van der Waals surface area contributed by atoms with Gasteiger partial charge in [-0.3, -0.25) is 0 Å². The fraction of sp³-hybridized carbons (Fsp3) is 0.500. The molecule has 1 aromatic rings. The first-order chi connectivity index (χ1) is 6.77. The molecule has 1 unspecified atom stereocenters. The average molecular weight is 328 g/mol. The standard InChI is InChI=1S/C8H11ClIN3O/c1-14-4-6(2-9)13-8-7(10)3-11-5-12-8/h3,5-6H,2,4H2,1H3,(H,11,12,13). The summed E-state index contributed by atoms with van der Waals surface area (Å²) in [7, 11) is 1.65. The van der Waals surface area contributed by atoms with Gasteiger partial charge in [0.25, 0.3) is 0 Å². The van der Waals surface area contributed by atoms with Crippen molar-refractivity contribution >= 4 is 40.0 Å². The normalized spacial score (nSPS) is 12.5. The molecule has 14 heavy (non-hydrogen) atoms. The minimum absolute atomic E-state index is 0.0742. The number of aromatic nitrogens is 2. The summed E-state index contributed by atoms with van der Waals surface area (Å²) in [4.78, 5) is 8.01. The number of nitrogens with zero attached hydrogens (tertiary/aromatic N) is 2. The van der Waals surface area contributed by atoms with Crippen LogP contribution in [-0.4, -0.2) is 35.6 Å². The Morgan fingerprint density at radius 3 is 3.07 bits per heavy atom. The molecule has 1 atom stereocenters. The van der Waals surface area contributed by atoms with Gasteiger partial charge in [-0.05, 0) is 22.6 Å². The maximum Gasteiger partial charge on any atom is 0.143 e. The molecule has 1 N–H and O–H groups in total. The van der Waals surface area contributed by atoms with Crippen molar-refractivity contribution in [1.29, 1.82) is 0 Å². The summed E-state index contributed by atoms with van der Waals surface area (Å²) in [6.07, 6.45) is 3.25. The zero-order valence-electron chi connectivity index (χ0n) is 7.70. The van der Waals surface area contributed by atoms with E-state index in [2.05, 4.69) is 37.9 Å². The van der Waals surface area contributed by atoms with Crippen LogP contribution in [-0.2, 0) is 4.74 Å². The molecule has 6 heteroatoms. The maximum atomic E-state index is 5.76. The molecule has 0 spiro atoms. The molecule has 0 aliphatic heterocycles. The smallest absolute Gasteiger partial charge is 0.143 e. The fourth-order valence-corrected chi connectivity index (χ4v) is 1.56. The molecular formula is C8H11ClIN3O. The zero-order valence-corrected chi connectivity index (χ0v) is 10.6. The number of rotatable bonds is 5. The van der Waals surface area contributed by atoms with Crippen LogP contribution in [0.3, 0.4) is 0 Å². The number of alkyl halides is 1. The van der Waals surface area contributed by atoms with Crippen LogP contribution >= 0.6 is 34.2 Å². The Morgan fingerprint density at radius 2 is 2.50 bits per heavy atom. The van der Waals surface area contributed by atoms with Crippen molar-refractivity contribution in [1.82, 2.24) is 9.97 Å². The lowest BCUT2D eigenvalue weighted by Gasteiger charge is -2.15. The minimum atomic E-state index is 0.0742. The Kier molecular flexibility index (Phi) is 5.42. The SMILES string of the molecule is COCC(CCl)Nc1ncncc1I. The van der Waals surface area contributed by atoms with Crippen molar-refractivity contribution in [2.45, 2.75) is 6.04 Å².